The maximum absolute atomic E-state index is 11.3. The summed E-state index contributed by atoms with van der Waals surface area (Å²) in [4.78, 5) is 11.3. The minimum absolute atomic E-state index is 0.206. The van der Waals surface area contributed by atoms with Crippen molar-refractivity contribution in [3.05, 3.63) is 0 Å². The molecular formula is C14H26O9. The fourth-order valence-corrected chi connectivity index (χ4v) is 2.24. The second kappa shape index (κ2) is 9.36. The van der Waals surface area contributed by atoms with E-state index in [9.17, 15) is 25.2 Å². The van der Waals surface area contributed by atoms with E-state index in [0.717, 1.165) is 0 Å². The van der Waals surface area contributed by atoms with E-state index >= 15 is 0 Å². The molecule has 1 aliphatic rings. The second-order valence-electron chi connectivity index (χ2n) is 5.84. The topological polar surface area (TPSA) is 135 Å². The first kappa shape index (κ1) is 20.1. The minimum atomic E-state index is -1.51. The van der Waals surface area contributed by atoms with Crippen molar-refractivity contribution in [2.75, 3.05) is 20.5 Å². The van der Waals surface area contributed by atoms with Gasteiger partial charge in [0.05, 0.1) is 6.61 Å². The van der Waals surface area contributed by atoms with Crippen LogP contribution < -0.4 is 0 Å². The molecule has 1 fully saturated rings. The summed E-state index contributed by atoms with van der Waals surface area (Å²) in [5.74, 6) is 0.378. The number of aliphatic hydroxyl groups is 4. The zero-order valence-electron chi connectivity index (χ0n) is 13.5. The lowest BCUT2D eigenvalue weighted by atomic mass is 9.85. The first-order valence-electron chi connectivity index (χ1n) is 7.45. The van der Waals surface area contributed by atoms with E-state index in [-0.39, 0.29) is 6.61 Å². The number of aliphatic hydroxyl groups excluding tert-OH is 4. The van der Waals surface area contributed by atoms with E-state index in [1.54, 1.807) is 0 Å². The van der Waals surface area contributed by atoms with Crippen LogP contribution in [0.1, 0.15) is 20.3 Å². The van der Waals surface area contributed by atoms with Crippen LogP contribution in [0.2, 0.25) is 0 Å². The molecule has 23 heavy (non-hydrogen) atoms. The maximum Gasteiger partial charge on any atom is 0.510 e. The van der Waals surface area contributed by atoms with E-state index in [1.807, 2.05) is 13.8 Å². The van der Waals surface area contributed by atoms with Gasteiger partial charge in [0, 0.05) is 7.11 Å². The Balaban J connectivity index is 2.40. The predicted octanol–water partition coefficient (Wildman–Crippen LogP) is -0.999. The molecule has 1 aliphatic carbocycles. The second-order valence-corrected chi connectivity index (χ2v) is 5.84. The summed E-state index contributed by atoms with van der Waals surface area (Å²) in [6, 6.07) is 0. The van der Waals surface area contributed by atoms with Crippen LogP contribution in [-0.4, -0.2) is 83.7 Å². The van der Waals surface area contributed by atoms with Gasteiger partial charge in [0.1, 0.15) is 36.6 Å². The molecule has 9 nitrogen and oxygen atoms in total. The van der Waals surface area contributed by atoms with Crippen LogP contribution in [0.4, 0.5) is 4.79 Å². The van der Waals surface area contributed by atoms with E-state index in [0.29, 0.717) is 12.3 Å². The fraction of sp³-hybridized carbons (Fsp3) is 0.929. The number of methoxy groups -OCH3 is 1. The lowest BCUT2D eigenvalue weighted by Crippen LogP contribution is -2.64. The van der Waals surface area contributed by atoms with E-state index in [4.69, 9.17) is 14.2 Å². The largest absolute Gasteiger partial charge is 0.510 e. The summed E-state index contributed by atoms with van der Waals surface area (Å²) in [6.07, 6.45) is -8.69. The Labute approximate surface area is 134 Å². The summed E-state index contributed by atoms with van der Waals surface area (Å²) in [5, 5.41) is 39.4. The first-order chi connectivity index (χ1) is 10.8. The van der Waals surface area contributed by atoms with Gasteiger partial charge in [-0.15, -0.1) is 0 Å². The quantitative estimate of drug-likeness (QED) is 0.340. The van der Waals surface area contributed by atoms with Gasteiger partial charge in [-0.05, 0) is 12.3 Å². The smallest absolute Gasteiger partial charge is 0.434 e. The summed E-state index contributed by atoms with van der Waals surface area (Å²) in [7, 11) is 1.23. The molecule has 0 bridgehead atoms. The molecule has 0 radical (unpaired) electrons. The van der Waals surface area contributed by atoms with Gasteiger partial charge >= 0.3 is 6.16 Å². The molecule has 4 atom stereocenters. The van der Waals surface area contributed by atoms with Crippen LogP contribution in [0.25, 0.3) is 0 Å². The van der Waals surface area contributed by atoms with Crippen molar-refractivity contribution in [2.24, 2.45) is 5.92 Å². The molecule has 1 rings (SSSR count). The average Bonchev–Trinajstić information content (AvgIpc) is 2.49. The van der Waals surface area contributed by atoms with Crippen LogP contribution in [0.3, 0.4) is 0 Å². The van der Waals surface area contributed by atoms with Gasteiger partial charge in [-0.1, -0.05) is 13.8 Å². The highest BCUT2D eigenvalue weighted by Gasteiger charge is 2.49. The molecule has 0 aromatic carbocycles. The van der Waals surface area contributed by atoms with Gasteiger partial charge < -0.3 is 39.4 Å². The van der Waals surface area contributed by atoms with Crippen molar-refractivity contribution in [2.45, 2.75) is 56.9 Å². The number of rotatable bonds is 7. The Bertz CT molecular complexity index is 346. The number of hydrogen-bond donors (Lipinski definition) is 4. The molecule has 0 saturated heterocycles. The van der Waals surface area contributed by atoms with Crippen molar-refractivity contribution < 1.29 is 44.2 Å². The van der Waals surface area contributed by atoms with Crippen LogP contribution in [0.5, 0.6) is 0 Å². The van der Waals surface area contributed by atoms with Gasteiger partial charge in [0.25, 0.3) is 0 Å². The number of hydrogen-bond acceptors (Lipinski definition) is 9. The molecule has 4 unspecified atom stereocenters. The van der Waals surface area contributed by atoms with Crippen LogP contribution >= 0.6 is 0 Å². The van der Waals surface area contributed by atoms with Crippen molar-refractivity contribution in [1.82, 2.24) is 0 Å². The molecule has 0 aromatic rings. The Morgan fingerprint density at radius 3 is 1.96 bits per heavy atom. The molecule has 0 aromatic heterocycles. The predicted molar refractivity (Wildman–Crippen MR) is 76.5 cm³/mol. The highest BCUT2D eigenvalue weighted by atomic mass is 16.8. The maximum atomic E-state index is 11.3. The van der Waals surface area contributed by atoms with Gasteiger partial charge in [0.15, 0.2) is 6.79 Å². The molecule has 1 saturated carbocycles. The van der Waals surface area contributed by atoms with Crippen molar-refractivity contribution in [1.29, 1.82) is 0 Å². The molecular weight excluding hydrogens is 312 g/mol. The van der Waals surface area contributed by atoms with Crippen LogP contribution in [0, 0.1) is 5.92 Å². The Morgan fingerprint density at radius 1 is 0.957 bits per heavy atom. The van der Waals surface area contributed by atoms with Gasteiger partial charge in [-0.25, -0.2) is 4.79 Å². The molecule has 0 heterocycles. The summed E-state index contributed by atoms with van der Waals surface area (Å²) >= 11 is 0. The van der Waals surface area contributed by atoms with E-state index in [2.05, 4.69) is 4.74 Å². The minimum Gasteiger partial charge on any atom is -0.434 e. The van der Waals surface area contributed by atoms with Gasteiger partial charge in [-0.2, -0.15) is 0 Å². The van der Waals surface area contributed by atoms with Crippen molar-refractivity contribution >= 4 is 6.16 Å². The SMILES string of the molecule is COC1C(O)C(O)C(OCOC(=O)OCCC(C)C)C(O)C1O. The van der Waals surface area contributed by atoms with E-state index in [1.165, 1.54) is 7.11 Å². The monoisotopic (exact) mass is 338 g/mol. The third-order valence-electron chi connectivity index (χ3n) is 3.67. The molecule has 0 aliphatic heterocycles. The van der Waals surface area contributed by atoms with Crippen molar-refractivity contribution in [3.63, 3.8) is 0 Å². The summed E-state index contributed by atoms with van der Waals surface area (Å²) in [5.41, 5.74) is 0. The molecule has 0 spiro atoms. The molecule has 136 valence electrons. The zero-order valence-corrected chi connectivity index (χ0v) is 13.5. The zero-order chi connectivity index (χ0) is 17.6. The normalized spacial score (nSPS) is 34.4. The Kier molecular flexibility index (Phi) is 8.17. The average molecular weight is 338 g/mol. The number of carbonyl (C=O) groups is 1. The van der Waals surface area contributed by atoms with Crippen LogP contribution in [-0.2, 0) is 18.9 Å². The molecule has 4 N–H and O–H groups in total. The number of carbonyl (C=O) groups excluding carboxylic acids is 1. The Hall–Kier alpha value is -0.970. The highest BCUT2D eigenvalue weighted by Crippen LogP contribution is 2.25. The lowest BCUT2D eigenvalue weighted by molar-refractivity contribution is -0.252. The lowest BCUT2D eigenvalue weighted by Gasteiger charge is -2.42. The first-order valence-corrected chi connectivity index (χ1v) is 7.45. The Morgan fingerprint density at radius 2 is 1.48 bits per heavy atom. The third kappa shape index (κ3) is 5.55. The molecule has 0 amide bonds. The standard InChI is InChI=1S/C14H26O9/c1-7(2)4-5-21-14(19)23-6-22-13-10(17)8(15)12(20-3)9(16)11(13)18/h7-13,15-18H,4-6H2,1-3H3. The molecule has 9 heteroatoms. The van der Waals surface area contributed by atoms with Crippen molar-refractivity contribution in [3.8, 4) is 0 Å². The summed E-state index contributed by atoms with van der Waals surface area (Å²) < 4.78 is 19.3. The fourth-order valence-electron chi connectivity index (χ4n) is 2.24. The van der Waals surface area contributed by atoms with Gasteiger partial charge in [-0.3, -0.25) is 0 Å². The van der Waals surface area contributed by atoms with Crippen LogP contribution in [0.15, 0.2) is 0 Å². The third-order valence-corrected chi connectivity index (χ3v) is 3.67. The number of ether oxygens (including phenoxy) is 4. The van der Waals surface area contributed by atoms with E-state index < -0.39 is 49.6 Å². The summed E-state index contributed by atoms with van der Waals surface area (Å²) in [6.45, 7) is 3.57. The van der Waals surface area contributed by atoms with Gasteiger partial charge in [0.2, 0.25) is 0 Å². The highest BCUT2D eigenvalue weighted by molar-refractivity contribution is 5.59.